The maximum Gasteiger partial charge on any atom is 0.416 e. The summed E-state index contributed by atoms with van der Waals surface area (Å²) >= 11 is 0. The minimum absolute atomic E-state index is 0.236. The molecule has 0 spiro atoms. The second-order valence-corrected chi connectivity index (χ2v) is 5.70. The average Bonchev–Trinajstić information content (AvgIpc) is 3.07. The highest BCUT2D eigenvalue weighted by molar-refractivity contribution is 5.89. The van der Waals surface area contributed by atoms with Gasteiger partial charge in [0.1, 0.15) is 18.0 Å². The van der Waals surface area contributed by atoms with E-state index < -0.39 is 11.7 Å². The van der Waals surface area contributed by atoms with Crippen LogP contribution in [0.15, 0.2) is 61.1 Å². The van der Waals surface area contributed by atoms with Gasteiger partial charge in [-0.25, -0.2) is 19.0 Å². The molecule has 0 bridgehead atoms. The van der Waals surface area contributed by atoms with Gasteiger partial charge < -0.3 is 5.32 Å². The van der Waals surface area contributed by atoms with E-state index in [1.165, 1.54) is 41.5 Å². The molecule has 1 N–H and O–H groups in total. The molecule has 0 atom stereocenters. The Balaban J connectivity index is 1.73. The summed E-state index contributed by atoms with van der Waals surface area (Å²) in [5.41, 5.74) is 0.500. The summed E-state index contributed by atoms with van der Waals surface area (Å²) in [5.74, 6) is -0.0653. The highest BCUT2D eigenvalue weighted by Crippen LogP contribution is 2.32. The number of nitrogens with one attached hydrogen (secondary N) is 1. The summed E-state index contributed by atoms with van der Waals surface area (Å²) in [7, 11) is 0. The van der Waals surface area contributed by atoms with Gasteiger partial charge >= 0.3 is 6.18 Å². The van der Waals surface area contributed by atoms with E-state index in [0.717, 1.165) is 12.1 Å². The number of anilines is 2. The first-order chi connectivity index (χ1) is 12.9. The summed E-state index contributed by atoms with van der Waals surface area (Å²) in [6.45, 7) is 0. The molecule has 2 aromatic heterocycles. The van der Waals surface area contributed by atoms with Crippen molar-refractivity contribution in [2.75, 3.05) is 5.32 Å². The summed E-state index contributed by atoms with van der Waals surface area (Å²) < 4.78 is 53.3. The Morgan fingerprint density at radius 2 is 1.74 bits per heavy atom. The van der Waals surface area contributed by atoms with Crippen LogP contribution in [-0.4, -0.2) is 19.7 Å². The smallest absolute Gasteiger partial charge is 0.340 e. The van der Waals surface area contributed by atoms with Gasteiger partial charge in [-0.15, -0.1) is 0 Å². The van der Waals surface area contributed by atoms with E-state index in [1.54, 1.807) is 12.1 Å². The van der Waals surface area contributed by atoms with Crippen LogP contribution in [0.25, 0.3) is 16.7 Å². The van der Waals surface area contributed by atoms with Crippen LogP contribution in [0.5, 0.6) is 0 Å². The minimum Gasteiger partial charge on any atom is -0.340 e. The molecule has 0 aliphatic rings. The van der Waals surface area contributed by atoms with E-state index >= 15 is 0 Å². The van der Waals surface area contributed by atoms with Crippen molar-refractivity contribution in [1.29, 1.82) is 0 Å². The molecule has 0 amide bonds. The molecule has 136 valence electrons. The SMILES string of the molecule is Fc1ccc(-n2ncc3c(Nc4cccc(C(F)(F)F)c4)ncnc32)cc1. The second kappa shape index (κ2) is 6.35. The summed E-state index contributed by atoms with van der Waals surface area (Å²) in [5, 5.41) is 7.61. The molecule has 4 aromatic rings. The van der Waals surface area contributed by atoms with E-state index in [2.05, 4.69) is 20.4 Å². The van der Waals surface area contributed by atoms with Gasteiger partial charge in [-0.3, -0.25) is 0 Å². The maximum atomic E-state index is 13.1. The highest BCUT2D eigenvalue weighted by Gasteiger charge is 2.30. The van der Waals surface area contributed by atoms with Crippen molar-refractivity contribution in [2.45, 2.75) is 6.18 Å². The molecule has 0 radical (unpaired) electrons. The topological polar surface area (TPSA) is 55.6 Å². The van der Waals surface area contributed by atoms with Crippen molar-refractivity contribution in [3.63, 3.8) is 0 Å². The Morgan fingerprint density at radius 1 is 0.963 bits per heavy atom. The number of aromatic nitrogens is 4. The van der Waals surface area contributed by atoms with Gasteiger partial charge in [-0.1, -0.05) is 6.07 Å². The zero-order chi connectivity index (χ0) is 19.0. The van der Waals surface area contributed by atoms with E-state index in [4.69, 9.17) is 0 Å². The number of benzene rings is 2. The number of rotatable bonds is 3. The number of alkyl halides is 3. The van der Waals surface area contributed by atoms with Gasteiger partial charge in [0, 0.05) is 5.69 Å². The van der Waals surface area contributed by atoms with E-state index in [1.807, 2.05) is 0 Å². The fourth-order valence-electron chi connectivity index (χ4n) is 2.62. The molecule has 0 unspecified atom stereocenters. The van der Waals surface area contributed by atoms with Gasteiger partial charge in [0.2, 0.25) is 0 Å². The number of hydrogen-bond acceptors (Lipinski definition) is 4. The molecule has 0 saturated carbocycles. The molecule has 0 aliphatic heterocycles. The minimum atomic E-state index is -4.44. The first-order valence-corrected chi connectivity index (χ1v) is 7.81. The predicted octanol–water partition coefficient (Wildman–Crippen LogP) is 4.72. The third-order valence-corrected chi connectivity index (χ3v) is 3.89. The molecule has 0 aliphatic carbocycles. The van der Waals surface area contributed by atoms with Crippen LogP contribution in [-0.2, 0) is 6.18 Å². The predicted molar refractivity (Wildman–Crippen MR) is 91.3 cm³/mol. The Bertz CT molecular complexity index is 1100. The zero-order valence-corrected chi connectivity index (χ0v) is 13.6. The van der Waals surface area contributed by atoms with Crippen molar-refractivity contribution in [2.24, 2.45) is 0 Å². The van der Waals surface area contributed by atoms with Gasteiger partial charge in [0.15, 0.2) is 5.65 Å². The van der Waals surface area contributed by atoms with E-state index in [9.17, 15) is 17.6 Å². The Kier molecular flexibility index (Phi) is 3.98. The number of halogens is 4. The van der Waals surface area contributed by atoms with Crippen molar-refractivity contribution in [3.8, 4) is 5.69 Å². The molecule has 27 heavy (non-hydrogen) atoms. The van der Waals surface area contributed by atoms with Crippen molar-refractivity contribution in [3.05, 3.63) is 72.4 Å². The Morgan fingerprint density at radius 3 is 2.48 bits per heavy atom. The zero-order valence-electron chi connectivity index (χ0n) is 13.6. The van der Waals surface area contributed by atoms with Crippen LogP contribution in [0.4, 0.5) is 29.1 Å². The van der Waals surface area contributed by atoms with Crippen LogP contribution >= 0.6 is 0 Å². The van der Waals surface area contributed by atoms with Crippen LogP contribution in [0.3, 0.4) is 0 Å². The summed E-state index contributed by atoms with van der Waals surface area (Å²) in [6, 6.07) is 10.5. The van der Waals surface area contributed by atoms with Crippen molar-refractivity contribution in [1.82, 2.24) is 19.7 Å². The number of hydrogen-bond donors (Lipinski definition) is 1. The molecule has 2 heterocycles. The van der Waals surface area contributed by atoms with Crippen LogP contribution in [0.2, 0.25) is 0 Å². The molecule has 0 saturated heterocycles. The maximum absolute atomic E-state index is 13.1. The van der Waals surface area contributed by atoms with Crippen LogP contribution in [0, 0.1) is 5.82 Å². The quantitative estimate of drug-likeness (QED) is 0.528. The molecule has 4 rings (SSSR count). The molecular formula is C18H11F4N5. The third kappa shape index (κ3) is 3.31. The average molecular weight is 373 g/mol. The third-order valence-electron chi connectivity index (χ3n) is 3.89. The Labute approximate surface area is 150 Å². The first-order valence-electron chi connectivity index (χ1n) is 7.81. The monoisotopic (exact) mass is 373 g/mol. The normalized spacial score (nSPS) is 11.7. The first kappa shape index (κ1) is 17.0. The lowest BCUT2D eigenvalue weighted by Gasteiger charge is -2.10. The lowest BCUT2D eigenvalue weighted by molar-refractivity contribution is -0.137. The summed E-state index contributed by atoms with van der Waals surface area (Å²) in [4.78, 5) is 8.27. The fraction of sp³-hybridized carbons (Fsp3) is 0.0556. The molecular weight excluding hydrogens is 362 g/mol. The van der Waals surface area contributed by atoms with E-state index in [0.29, 0.717) is 22.5 Å². The molecule has 9 heteroatoms. The summed E-state index contributed by atoms with van der Waals surface area (Å²) in [6.07, 6.45) is -1.67. The molecule has 2 aromatic carbocycles. The Hall–Kier alpha value is -3.49. The standard InChI is InChI=1S/C18H11F4N5/c19-12-4-6-14(7-5-12)27-17-15(9-25-27)16(23-10-24-17)26-13-3-1-2-11(8-13)18(20,21)22/h1-10H,(H,23,24,26). The number of nitrogens with zero attached hydrogens (tertiary/aromatic N) is 4. The van der Waals surface area contributed by atoms with Gasteiger partial charge in [-0.2, -0.15) is 18.3 Å². The number of fused-ring (bicyclic) bond motifs is 1. The van der Waals surface area contributed by atoms with Gasteiger partial charge in [-0.05, 0) is 42.5 Å². The molecule has 0 fully saturated rings. The highest BCUT2D eigenvalue weighted by atomic mass is 19.4. The fourth-order valence-corrected chi connectivity index (χ4v) is 2.62. The van der Waals surface area contributed by atoms with Gasteiger partial charge in [0.05, 0.1) is 22.8 Å². The van der Waals surface area contributed by atoms with Crippen molar-refractivity contribution >= 4 is 22.5 Å². The van der Waals surface area contributed by atoms with E-state index in [-0.39, 0.29) is 11.5 Å². The molecule has 5 nitrogen and oxygen atoms in total. The van der Waals surface area contributed by atoms with Gasteiger partial charge in [0.25, 0.3) is 0 Å². The van der Waals surface area contributed by atoms with Crippen LogP contribution in [0.1, 0.15) is 5.56 Å². The largest absolute Gasteiger partial charge is 0.416 e. The lowest BCUT2D eigenvalue weighted by Crippen LogP contribution is -2.05. The van der Waals surface area contributed by atoms with Crippen molar-refractivity contribution < 1.29 is 17.6 Å². The second-order valence-electron chi connectivity index (χ2n) is 5.70. The lowest BCUT2D eigenvalue weighted by atomic mass is 10.2. The van der Waals surface area contributed by atoms with Crippen LogP contribution < -0.4 is 5.32 Å².